The number of rotatable bonds is 5. The quantitative estimate of drug-likeness (QED) is 0.863. The minimum Gasteiger partial charge on any atom is -0.398 e. The molecule has 0 bridgehead atoms. The number of aryl methyl sites for hydroxylation is 2. The molecule has 1 aliphatic rings. The first-order chi connectivity index (χ1) is 10.1. The number of anilines is 1. The maximum absolute atomic E-state index is 6.38. The van der Waals surface area contributed by atoms with Crippen molar-refractivity contribution in [3.63, 3.8) is 0 Å². The molecule has 0 radical (unpaired) electrons. The lowest BCUT2D eigenvalue weighted by Gasteiger charge is -2.23. The van der Waals surface area contributed by atoms with Crippen LogP contribution in [-0.2, 0) is 20.1 Å². The molecule has 0 spiro atoms. The fraction of sp³-hybridized carbons (Fsp3) is 0.438. The van der Waals surface area contributed by atoms with E-state index in [0.717, 1.165) is 35.2 Å². The van der Waals surface area contributed by atoms with E-state index >= 15 is 0 Å². The van der Waals surface area contributed by atoms with Gasteiger partial charge >= 0.3 is 0 Å². The lowest BCUT2D eigenvalue weighted by atomic mass is 10.1. The van der Waals surface area contributed by atoms with Gasteiger partial charge in [-0.2, -0.15) is 5.10 Å². The second-order valence-electron chi connectivity index (χ2n) is 5.80. The van der Waals surface area contributed by atoms with Gasteiger partial charge in [-0.1, -0.05) is 29.8 Å². The first kappa shape index (κ1) is 14.4. The SMILES string of the molecule is Cc1nn(C)c(CN(Cc2ccccc2N)C2CC2)c1Cl. The molecular formula is C16H21ClN4. The highest BCUT2D eigenvalue weighted by Gasteiger charge is 2.30. The van der Waals surface area contributed by atoms with Gasteiger partial charge in [0.05, 0.1) is 16.4 Å². The molecule has 3 rings (SSSR count). The van der Waals surface area contributed by atoms with E-state index in [9.17, 15) is 0 Å². The van der Waals surface area contributed by atoms with Crippen LogP contribution in [-0.4, -0.2) is 20.7 Å². The molecule has 2 N–H and O–H groups in total. The van der Waals surface area contributed by atoms with Gasteiger partial charge in [0, 0.05) is 31.9 Å². The highest BCUT2D eigenvalue weighted by Crippen LogP contribution is 2.32. The predicted molar refractivity (Wildman–Crippen MR) is 86.1 cm³/mol. The molecule has 2 aromatic rings. The fourth-order valence-electron chi connectivity index (χ4n) is 2.70. The number of halogens is 1. The summed E-state index contributed by atoms with van der Waals surface area (Å²) in [6, 6.07) is 8.71. The molecule has 0 aliphatic heterocycles. The molecule has 1 aliphatic carbocycles. The average molecular weight is 305 g/mol. The number of hydrogen-bond acceptors (Lipinski definition) is 3. The average Bonchev–Trinajstić information content (AvgIpc) is 3.25. The number of nitrogens with two attached hydrogens (primary N) is 1. The van der Waals surface area contributed by atoms with Crippen LogP contribution >= 0.6 is 11.6 Å². The third-order valence-corrected chi connectivity index (χ3v) is 4.60. The topological polar surface area (TPSA) is 47.1 Å². The Kier molecular flexibility index (Phi) is 3.91. The van der Waals surface area contributed by atoms with Crippen LogP contribution in [0.25, 0.3) is 0 Å². The molecule has 5 heteroatoms. The molecule has 21 heavy (non-hydrogen) atoms. The van der Waals surface area contributed by atoms with E-state index in [2.05, 4.69) is 16.1 Å². The maximum Gasteiger partial charge on any atom is 0.0860 e. The van der Waals surface area contributed by atoms with Crippen molar-refractivity contribution < 1.29 is 0 Å². The Balaban J connectivity index is 1.81. The summed E-state index contributed by atoms with van der Waals surface area (Å²) in [5.74, 6) is 0. The van der Waals surface area contributed by atoms with Gasteiger partial charge in [0.1, 0.15) is 0 Å². The molecule has 4 nitrogen and oxygen atoms in total. The third-order valence-electron chi connectivity index (χ3n) is 4.11. The van der Waals surface area contributed by atoms with Gasteiger partial charge in [-0.25, -0.2) is 0 Å². The molecule has 1 heterocycles. The van der Waals surface area contributed by atoms with E-state index in [1.54, 1.807) is 0 Å². The third kappa shape index (κ3) is 3.06. The zero-order valence-electron chi connectivity index (χ0n) is 12.5. The van der Waals surface area contributed by atoms with E-state index in [-0.39, 0.29) is 0 Å². The van der Waals surface area contributed by atoms with E-state index in [4.69, 9.17) is 17.3 Å². The lowest BCUT2D eigenvalue weighted by molar-refractivity contribution is 0.239. The van der Waals surface area contributed by atoms with E-state index < -0.39 is 0 Å². The van der Waals surface area contributed by atoms with Gasteiger partial charge in [-0.3, -0.25) is 9.58 Å². The highest BCUT2D eigenvalue weighted by atomic mass is 35.5. The van der Waals surface area contributed by atoms with Crippen LogP contribution in [0.5, 0.6) is 0 Å². The predicted octanol–water partition coefficient (Wildman–Crippen LogP) is 3.13. The summed E-state index contributed by atoms with van der Waals surface area (Å²) in [4.78, 5) is 2.45. The summed E-state index contributed by atoms with van der Waals surface area (Å²) in [6.07, 6.45) is 2.50. The minimum atomic E-state index is 0.635. The van der Waals surface area contributed by atoms with Gasteiger partial charge in [0.2, 0.25) is 0 Å². The Hall–Kier alpha value is -1.52. The normalized spacial score (nSPS) is 14.9. The van der Waals surface area contributed by atoms with Crippen molar-refractivity contribution in [2.45, 2.75) is 38.9 Å². The monoisotopic (exact) mass is 304 g/mol. The number of benzene rings is 1. The summed E-state index contributed by atoms with van der Waals surface area (Å²) >= 11 is 6.38. The Morgan fingerprint density at radius 2 is 2.05 bits per heavy atom. The molecule has 0 saturated heterocycles. The summed E-state index contributed by atoms with van der Waals surface area (Å²) in [6.45, 7) is 3.62. The fourth-order valence-corrected chi connectivity index (χ4v) is 2.91. The standard InChI is InChI=1S/C16H21ClN4/c1-11-16(17)15(20(2)19-11)10-21(13-7-8-13)9-12-5-3-4-6-14(12)18/h3-6,13H,7-10,18H2,1-2H3. The Bertz CT molecular complexity index is 646. The number of aromatic nitrogens is 2. The maximum atomic E-state index is 6.38. The summed E-state index contributed by atoms with van der Waals surface area (Å²) in [5.41, 5.74) is 10.1. The number of hydrogen-bond donors (Lipinski definition) is 1. The Morgan fingerprint density at radius 3 is 2.62 bits per heavy atom. The highest BCUT2D eigenvalue weighted by molar-refractivity contribution is 6.31. The van der Waals surface area contributed by atoms with Crippen molar-refractivity contribution in [1.29, 1.82) is 0 Å². The zero-order valence-corrected chi connectivity index (χ0v) is 13.3. The Morgan fingerprint density at radius 1 is 1.33 bits per heavy atom. The van der Waals surface area contributed by atoms with Gasteiger partial charge in [0.15, 0.2) is 0 Å². The van der Waals surface area contributed by atoms with E-state index in [1.807, 2.05) is 36.9 Å². The van der Waals surface area contributed by atoms with Crippen molar-refractivity contribution >= 4 is 17.3 Å². The molecule has 112 valence electrons. The first-order valence-corrected chi connectivity index (χ1v) is 7.69. The van der Waals surface area contributed by atoms with Crippen molar-refractivity contribution in [3.05, 3.63) is 46.2 Å². The molecular weight excluding hydrogens is 284 g/mol. The lowest BCUT2D eigenvalue weighted by Crippen LogP contribution is -2.26. The zero-order chi connectivity index (χ0) is 15.0. The number of nitrogen functional groups attached to an aromatic ring is 1. The molecule has 0 unspecified atom stereocenters. The summed E-state index contributed by atoms with van der Waals surface area (Å²) < 4.78 is 1.89. The number of nitrogens with zero attached hydrogens (tertiary/aromatic N) is 3. The summed E-state index contributed by atoms with van der Waals surface area (Å²) in [7, 11) is 1.95. The van der Waals surface area contributed by atoms with Crippen molar-refractivity contribution in [1.82, 2.24) is 14.7 Å². The van der Waals surface area contributed by atoms with E-state index in [1.165, 1.54) is 18.4 Å². The van der Waals surface area contributed by atoms with Crippen molar-refractivity contribution in [2.24, 2.45) is 7.05 Å². The second-order valence-corrected chi connectivity index (χ2v) is 6.18. The van der Waals surface area contributed by atoms with Crippen LogP contribution in [0.3, 0.4) is 0 Å². The van der Waals surface area contributed by atoms with Crippen LogP contribution < -0.4 is 5.73 Å². The molecule has 1 fully saturated rings. The summed E-state index contributed by atoms with van der Waals surface area (Å²) in [5, 5.41) is 5.18. The minimum absolute atomic E-state index is 0.635. The van der Waals surface area contributed by atoms with Crippen molar-refractivity contribution in [3.8, 4) is 0 Å². The van der Waals surface area contributed by atoms with Crippen LogP contribution in [0.1, 0.15) is 29.8 Å². The van der Waals surface area contributed by atoms with Crippen LogP contribution in [0.4, 0.5) is 5.69 Å². The smallest absolute Gasteiger partial charge is 0.0860 e. The van der Waals surface area contributed by atoms with E-state index in [0.29, 0.717) is 6.04 Å². The first-order valence-electron chi connectivity index (χ1n) is 7.31. The molecule has 1 aromatic heterocycles. The van der Waals surface area contributed by atoms with Crippen LogP contribution in [0.15, 0.2) is 24.3 Å². The van der Waals surface area contributed by atoms with Gasteiger partial charge in [-0.15, -0.1) is 0 Å². The van der Waals surface area contributed by atoms with Gasteiger partial charge in [-0.05, 0) is 31.4 Å². The molecule has 0 atom stereocenters. The Labute approximate surface area is 130 Å². The van der Waals surface area contributed by atoms with Crippen LogP contribution in [0.2, 0.25) is 5.02 Å². The number of para-hydroxylation sites is 1. The van der Waals surface area contributed by atoms with Crippen molar-refractivity contribution in [2.75, 3.05) is 5.73 Å². The largest absolute Gasteiger partial charge is 0.398 e. The van der Waals surface area contributed by atoms with Gasteiger partial charge in [0.25, 0.3) is 0 Å². The van der Waals surface area contributed by atoms with Gasteiger partial charge < -0.3 is 5.73 Å². The van der Waals surface area contributed by atoms with Crippen LogP contribution in [0, 0.1) is 6.92 Å². The molecule has 1 aromatic carbocycles. The second kappa shape index (κ2) is 5.70. The molecule has 0 amide bonds. The molecule has 1 saturated carbocycles.